The van der Waals surface area contributed by atoms with Crippen LogP contribution in [-0.2, 0) is 9.59 Å². The van der Waals surface area contributed by atoms with E-state index in [1.807, 2.05) is 0 Å². The highest BCUT2D eigenvalue weighted by atomic mass is 35.5. The predicted octanol–water partition coefficient (Wildman–Crippen LogP) is 0.779. The second-order valence-corrected chi connectivity index (χ2v) is 5.83. The molecule has 7 nitrogen and oxygen atoms in total. The molecule has 8 heteroatoms. The van der Waals surface area contributed by atoms with Gasteiger partial charge in [-0.15, -0.1) is 12.4 Å². The van der Waals surface area contributed by atoms with Crippen LogP contribution in [0.15, 0.2) is 24.3 Å². The van der Waals surface area contributed by atoms with Crippen molar-refractivity contribution in [3.8, 4) is 0 Å². The first-order chi connectivity index (χ1) is 11.0. The maximum Gasteiger partial charge on any atom is 0.251 e. The Kier molecular flexibility index (Phi) is 7.67. The zero-order valence-corrected chi connectivity index (χ0v) is 14.1. The molecule has 6 N–H and O–H groups in total. The third-order valence-corrected chi connectivity index (χ3v) is 4.02. The summed E-state index contributed by atoms with van der Waals surface area (Å²) in [5.41, 5.74) is 11.9. The van der Waals surface area contributed by atoms with Gasteiger partial charge in [-0.3, -0.25) is 14.4 Å². The van der Waals surface area contributed by atoms with Gasteiger partial charge >= 0.3 is 0 Å². The Morgan fingerprint density at radius 3 is 2.33 bits per heavy atom. The van der Waals surface area contributed by atoms with Crippen LogP contribution in [0, 0.1) is 5.92 Å². The molecule has 2 rings (SSSR count). The molecule has 0 heterocycles. The number of hydrogen-bond donors (Lipinski definition) is 4. The Labute approximate surface area is 146 Å². The van der Waals surface area contributed by atoms with Crippen molar-refractivity contribution in [2.45, 2.75) is 31.7 Å². The fourth-order valence-corrected chi connectivity index (χ4v) is 2.74. The molecule has 1 aliphatic carbocycles. The molecule has 0 aliphatic heterocycles. The summed E-state index contributed by atoms with van der Waals surface area (Å²) >= 11 is 0. The molecule has 24 heavy (non-hydrogen) atoms. The maximum atomic E-state index is 12.0. The number of anilines is 1. The Morgan fingerprint density at radius 2 is 1.79 bits per heavy atom. The van der Waals surface area contributed by atoms with Crippen molar-refractivity contribution in [3.63, 3.8) is 0 Å². The lowest BCUT2D eigenvalue weighted by atomic mass is 10.00. The van der Waals surface area contributed by atoms with Crippen molar-refractivity contribution in [3.05, 3.63) is 29.8 Å². The van der Waals surface area contributed by atoms with Crippen LogP contribution in [0.5, 0.6) is 0 Å². The molecule has 2 atom stereocenters. The second-order valence-electron chi connectivity index (χ2n) is 5.83. The van der Waals surface area contributed by atoms with E-state index in [4.69, 9.17) is 11.5 Å². The number of amides is 3. The van der Waals surface area contributed by atoms with E-state index in [2.05, 4.69) is 10.6 Å². The number of carbonyl (C=O) groups is 3. The second kappa shape index (κ2) is 9.24. The molecule has 1 aromatic carbocycles. The molecule has 0 radical (unpaired) electrons. The van der Waals surface area contributed by atoms with Gasteiger partial charge in [0, 0.05) is 23.7 Å². The van der Waals surface area contributed by atoms with Gasteiger partial charge in [0.2, 0.25) is 11.8 Å². The van der Waals surface area contributed by atoms with Crippen LogP contribution in [0.25, 0.3) is 0 Å². The monoisotopic (exact) mass is 354 g/mol. The third-order valence-electron chi connectivity index (χ3n) is 4.02. The summed E-state index contributed by atoms with van der Waals surface area (Å²) in [4.78, 5) is 34.4. The molecule has 0 spiro atoms. The lowest BCUT2D eigenvalue weighted by Crippen LogP contribution is -2.33. The molecule has 3 amide bonds. The minimum absolute atomic E-state index is 0. The van der Waals surface area contributed by atoms with Crippen LogP contribution in [0.4, 0.5) is 5.69 Å². The first kappa shape index (κ1) is 19.9. The SMILES string of the molecule is Cl.NC(=O)CNC(=O)c1ccc(NC(=O)C[C@@H]2CCC[C@H]2N)cc1. The molecule has 0 saturated heterocycles. The van der Waals surface area contributed by atoms with Crippen molar-refractivity contribution in [2.24, 2.45) is 17.4 Å². The summed E-state index contributed by atoms with van der Waals surface area (Å²) in [7, 11) is 0. The van der Waals surface area contributed by atoms with Gasteiger partial charge in [0.25, 0.3) is 5.91 Å². The normalized spacial score (nSPS) is 19.2. The molecule has 0 bridgehead atoms. The van der Waals surface area contributed by atoms with E-state index in [1.54, 1.807) is 24.3 Å². The van der Waals surface area contributed by atoms with Gasteiger partial charge in [-0.1, -0.05) is 6.42 Å². The summed E-state index contributed by atoms with van der Waals surface area (Å²) in [6, 6.07) is 6.55. The number of hydrogen-bond acceptors (Lipinski definition) is 4. The average Bonchev–Trinajstić information content (AvgIpc) is 2.90. The quantitative estimate of drug-likeness (QED) is 0.601. The van der Waals surface area contributed by atoms with Crippen LogP contribution < -0.4 is 22.1 Å². The van der Waals surface area contributed by atoms with Crippen LogP contribution in [0.3, 0.4) is 0 Å². The average molecular weight is 355 g/mol. The van der Waals surface area contributed by atoms with Crippen molar-refractivity contribution >= 4 is 35.8 Å². The molecule has 0 unspecified atom stereocenters. The maximum absolute atomic E-state index is 12.0. The van der Waals surface area contributed by atoms with Crippen LogP contribution in [0.2, 0.25) is 0 Å². The van der Waals surface area contributed by atoms with E-state index < -0.39 is 11.8 Å². The Bertz CT molecular complexity index is 591. The van der Waals surface area contributed by atoms with Gasteiger partial charge in [0.15, 0.2) is 0 Å². The van der Waals surface area contributed by atoms with Crippen molar-refractivity contribution in [1.29, 1.82) is 0 Å². The highest BCUT2D eigenvalue weighted by Gasteiger charge is 2.25. The predicted molar refractivity (Wildman–Crippen MR) is 93.8 cm³/mol. The van der Waals surface area contributed by atoms with Crippen LogP contribution in [0.1, 0.15) is 36.0 Å². The van der Waals surface area contributed by atoms with E-state index in [9.17, 15) is 14.4 Å². The number of nitrogens with two attached hydrogens (primary N) is 2. The third kappa shape index (κ3) is 5.82. The largest absolute Gasteiger partial charge is 0.368 e. The summed E-state index contributed by atoms with van der Waals surface area (Å²) < 4.78 is 0. The van der Waals surface area contributed by atoms with Gasteiger partial charge in [-0.2, -0.15) is 0 Å². The topological polar surface area (TPSA) is 127 Å². The summed E-state index contributed by atoms with van der Waals surface area (Å²) in [6.07, 6.45) is 3.47. The number of carbonyl (C=O) groups excluding carboxylic acids is 3. The van der Waals surface area contributed by atoms with Gasteiger partial charge in [0.1, 0.15) is 0 Å². The summed E-state index contributed by atoms with van der Waals surface area (Å²) in [5, 5.41) is 5.20. The minimum Gasteiger partial charge on any atom is -0.368 e. The van der Waals surface area contributed by atoms with Gasteiger partial charge in [0.05, 0.1) is 6.54 Å². The molecule has 1 aliphatic rings. The molecule has 1 saturated carbocycles. The van der Waals surface area contributed by atoms with Crippen molar-refractivity contribution in [2.75, 3.05) is 11.9 Å². The van der Waals surface area contributed by atoms with E-state index in [-0.39, 0.29) is 36.8 Å². The van der Waals surface area contributed by atoms with Crippen molar-refractivity contribution in [1.82, 2.24) is 5.32 Å². The zero-order chi connectivity index (χ0) is 16.8. The first-order valence-electron chi connectivity index (χ1n) is 7.67. The molecule has 1 fully saturated rings. The zero-order valence-electron chi connectivity index (χ0n) is 13.3. The number of halogens is 1. The van der Waals surface area contributed by atoms with E-state index >= 15 is 0 Å². The molecular weight excluding hydrogens is 332 g/mol. The molecule has 0 aromatic heterocycles. The highest BCUT2D eigenvalue weighted by molar-refractivity contribution is 5.97. The highest BCUT2D eigenvalue weighted by Crippen LogP contribution is 2.27. The van der Waals surface area contributed by atoms with E-state index in [0.29, 0.717) is 17.7 Å². The van der Waals surface area contributed by atoms with Crippen molar-refractivity contribution < 1.29 is 14.4 Å². The smallest absolute Gasteiger partial charge is 0.251 e. The fraction of sp³-hybridized carbons (Fsp3) is 0.438. The van der Waals surface area contributed by atoms with E-state index in [1.165, 1.54) is 0 Å². The fourth-order valence-electron chi connectivity index (χ4n) is 2.74. The lowest BCUT2D eigenvalue weighted by molar-refractivity contribution is -0.117. The van der Waals surface area contributed by atoms with Gasteiger partial charge < -0.3 is 22.1 Å². The van der Waals surface area contributed by atoms with Crippen LogP contribution >= 0.6 is 12.4 Å². The van der Waals surface area contributed by atoms with Crippen LogP contribution in [-0.4, -0.2) is 30.3 Å². The van der Waals surface area contributed by atoms with Gasteiger partial charge in [-0.25, -0.2) is 0 Å². The minimum atomic E-state index is -0.604. The van der Waals surface area contributed by atoms with Gasteiger partial charge in [-0.05, 0) is 43.0 Å². The number of rotatable bonds is 6. The lowest BCUT2D eigenvalue weighted by Gasteiger charge is -2.14. The molecular formula is C16H23ClN4O3. The standard InChI is InChI=1S/C16H22N4O3.ClH/c17-13-3-1-2-11(13)8-15(22)20-12-6-4-10(5-7-12)16(23)19-9-14(18)21;/h4-7,11,13H,1-3,8-9,17H2,(H2,18,21)(H,19,23)(H,20,22);1H/t11-,13+;/m0./s1. The summed E-state index contributed by atoms with van der Waals surface area (Å²) in [6.45, 7) is -0.209. The number of benzene rings is 1. The molecule has 1 aromatic rings. The first-order valence-corrected chi connectivity index (χ1v) is 7.67. The number of primary amides is 1. The van der Waals surface area contributed by atoms with E-state index in [0.717, 1.165) is 19.3 Å². The Balaban J connectivity index is 0.00000288. The molecule has 132 valence electrons. The Morgan fingerprint density at radius 1 is 1.12 bits per heavy atom. The number of nitrogens with one attached hydrogen (secondary N) is 2. The Hall–Kier alpha value is -2.12. The summed E-state index contributed by atoms with van der Waals surface area (Å²) in [5.74, 6) is -0.821.